The van der Waals surface area contributed by atoms with E-state index < -0.39 is 15.8 Å². The van der Waals surface area contributed by atoms with Gasteiger partial charge in [-0.2, -0.15) is 0 Å². The van der Waals surface area contributed by atoms with Gasteiger partial charge in [0.25, 0.3) is 0 Å². The van der Waals surface area contributed by atoms with Crippen LogP contribution in [0.4, 0.5) is 0 Å². The molecule has 76 valence electrons. The summed E-state index contributed by atoms with van der Waals surface area (Å²) in [6.45, 7) is 0. The van der Waals surface area contributed by atoms with Crippen LogP contribution in [0.2, 0.25) is 0 Å². The molecular formula is C8H11Cl3O2. The summed E-state index contributed by atoms with van der Waals surface area (Å²) in [4.78, 5) is 11.3. The van der Waals surface area contributed by atoms with Crippen molar-refractivity contribution in [2.75, 3.05) is 0 Å². The number of Topliss-reactive ketones (excluding diaryl/α,β-unsaturated/α-hetero) is 1. The maximum atomic E-state index is 11.3. The lowest BCUT2D eigenvalue weighted by molar-refractivity contribution is -0.128. The lowest BCUT2D eigenvalue weighted by Gasteiger charge is -2.29. The minimum atomic E-state index is -1.75. The van der Waals surface area contributed by atoms with Crippen molar-refractivity contribution in [3.8, 4) is 0 Å². The molecule has 5 heteroatoms. The summed E-state index contributed by atoms with van der Waals surface area (Å²) in [6, 6.07) is 0. The zero-order valence-corrected chi connectivity index (χ0v) is 9.24. The van der Waals surface area contributed by atoms with Crippen molar-refractivity contribution in [1.29, 1.82) is 0 Å². The fourth-order valence-corrected chi connectivity index (χ4v) is 2.03. The summed E-state index contributed by atoms with van der Waals surface area (Å²) in [5, 5.41) is 9.56. The van der Waals surface area contributed by atoms with E-state index in [1.165, 1.54) is 0 Å². The Morgan fingerprint density at radius 3 is 2.46 bits per heavy atom. The van der Waals surface area contributed by atoms with E-state index in [9.17, 15) is 9.90 Å². The van der Waals surface area contributed by atoms with Gasteiger partial charge in [0.15, 0.2) is 0 Å². The van der Waals surface area contributed by atoms with E-state index in [1.54, 1.807) is 0 Å². The molecule has 2 nitrogen and oxygen atoms in total. The predicted molar refractivity (Wildman–Crippen MR) is 53.3 cm³/mol. The van der Waals surface area contributed by atoms with Gasteiger partial charge in [0.1, 0.15) is 11.9 Å². The average molecular weight is 246 g/mol. The maximum absolute atomic E-state index is 11.3. The lowest BCUT2D eigenvalue weighted by atomic mass is 9.84. The number of halogens is 3. The van der Waals surface area contributed by atoms with E-state index in [0.717, 1.165) is 12.8 Å². The predicted octanol–water partition coefficient (Wildman–Crippen LogP) is 2.48. The van der Waals surface area contributed by atoms with Crippen LogP contribution in [0, 0.1) is 5.92 Å². The highest BCUT2D eigenvalue weighted by Crippen LogP contribution is 2.37. The Balaban J connectivity index is 2.64. The molecule has 0 amide bonds. The first-order chi connectivity index (χ1) is 5.93. The van der Waals surface area contributed by atoms with Crippen molar-refractivity contribution in [2.24, 2.45) is 5.92 Å². The van der Waals surface area contributed by atoms with Crippen LogP contribution in [0.15, 0.2) is 0 Å². The number of ketones is 1. The molecule has 1 rings (SSSR count). The summed E-state index contributed by atoms with van der Waals surface area (Å²) < 4.78 is -1.75. The van der Waals surface area contributed by atoms with Crippen molar-refractivity contribution in [1.82, 2.24) is 0 Å². The molecule has 0 aliphatic heterocycles. The Kier molecular flexibility index (Phi) is 3.87. The minimum Gasteiger partial charge on any atom is -0.388 e. The monoisotopic (exact) mass is 244 g/mol. The molecule has 13 heavy (non-hydrogen) atoms. The van der Waals surface area contributed by atoms with Crippen LogP contribution in [0.1, 0.15) is 25.7 Å². The van der Waals surface area contributed by atoms with E-state index in [1.807, 2.05) is 0 Å². The highest BCUT2D eigenvalue weighted by atomic mass is 35.6. The van der Waals surface area contributed by atoms with Crippen molar-refractivity contribution in [3.05, 3.63) is 0 Å². The summed E-state index contributed by atoms with van der Waals surface area (Å²) in [5.74, 6) is -0.494. The van der Waals surface area contributed by atoms with Gasteiger partial charge in [0, 0.05) is 12.3 Å². The van der Waals surface area contributed by atoms with Crippen LogP contribution in [-0.2, 0) is 4.79 Å². The molecule has 0 aromatic carbocycles. The first kappa shape index (κ1) is 11.6. The van der Waals surface area contributed by atoms with Gasteiger partial charge in [0.2, 0.25) is 3.79 Å². The third kappa shape index (κ3) is 2.98. The fraction of sp³-hybridized carbons (Fsp3) is 0.875. The molecule has 0 aromatic heterocycles. The highest BCUT2D eigenvalue weighted by molar-refractivity contribution is 6.68. The molecule has 0 bridgehead atoms. The van der Waals surface area contributed by atoms with Crippen molar-refractivity contribution < 1.29 is 9.90 Å². The van der Waals surface area contributed by atoms with Gasteiger partial charge in [-0.05, 0) is 12.8 Å². The SMILES string of the molecule is O=C1CCCC[C@@H]1[C@@H](O)C(Cl)(Cl)Cl. The minimum absolute atomic E-state index is 0.00470. The second kappa shape index (κ2) is 4.35. The zero-order valence-electron chi connectivity index (χ0n) is 6.97. The molecule has 2 atom stereocenters. The lowest BCUT2D eigenvalue weighted by Crippen LogP contribution is -2.39. The van der Waals surface area contributed by atoms with E-state index in [4.69, 9.17) is 34.8 Å². The Morgan fingerprint density at radius 2 is 2.00 bits per heavy atom. The highest BCUT2D eigenvalue weighted by Gasteiger charge is 2.41. The average Bonchev–Trinajstić information content (AvgIpc) is 2.02. The Bertz CT molecular complexity index is 200. The van der Waals surface area contributed by atoms with Gasteiger partial charge in [-0.3, -0.25) is 4.79 Å². The number of carbonyl (C=O) groups excluding carboxylic acids is 1. The number of hydrogen-bond donors (Lipinski definition) is 1. The normalized spacial score (nSPS) is 27.4. The van der Waals surface area contributed by atoms with Crippen molar-refractivity contribution >= 4 is 40.6 Å². The second-order valence-electron chi connectivity index (χ2n) is 3.31. The molecule has 0 aromatic rings. The van der Waals surface area contributed by atoms with Crippen molar-refractivity contribution in [2.45, 2.75) is 35.6 Å². The number of rotatable bonds is 1. The molecule has 1 aliphatic carbocycles. The molecule has 1 saturated carbocycles. The standard InChI is InChI=1S/C8H11Cl3O2/c9-8(10,11)7(13)5-3-1-2-4-6(5)12/h5,7,13H,1-4H2/t5-,7+/m0/s1. The molecule has 0 saturated heterocycles. The number of alkyl halides is 3. The number of aliphatic hydroxyl groups excluding tert-OH is 1. The van der Waals surface area contributed by atoms with E-state index in [-0.39, 0.29) is 5.78 Å². The topological polar surface area (TPSA) is 37.3 Å². The van der Waals surface area contributed by atoms with Gasteiger partial charge in [-0.25, -0.2) is 0 Å². The largest absolute Gasteiger partial charge is 0.388 e. The summed E-state index contributed by atoms with van der Waals surface area (Å²) in [6.07, 6.45) is 1.72. The van der Waals surface area contributed by atoms with E-state index in [0.29, 0.717) is 12.8 Å². The number of carbonyl (C=O) groups is 1. The second-order valence-corrected chi connectivity index (χ2v) is 5.67. The summed E-state index contributed by atoms with van der Waals surface area (Å²) in [5.41, 5.74) is 0. The fourth-order valence-electron chi connectivity index (χ4n) is 1.57. The number of hydrogen-bond acceptors (Lipinski definition) is 2. The molecule has 1 aliphatic rings. The molecular weight excluding hydrogens is 234 g/mol. The summed E-state index contributed by atoms with van der Waals surface area (Å²) in [7, 11) is 0. The zero-order chi connectivity index (χ0) is 10.1. The summed E-state index contributed by atoms with van der Waals surface area (Å²) >= 11 is 16.5. The smallest absolute Gasteiger partial charge is 0.216 e. The quantitative estimate of drug-likeness (QED) is 0.721. The van der Waals surface area contributed by atoms with Gasteiger partial charge in [-0.15, -0.1) is 0 Å². The molecule has 1 N–H and O–H groups in total. The van der Waals surface area contributed by atoms with Crippen LogP contribution in [-0.4, -0.2) is 20.8 Å². The van der Waals surface area contributed by atoms with Crippen LogP contribution in [0.5, 0.6) is 0 Å². The van der Waals surface area contributed by atoms with Gasteiger partial charge < -0.3 is 5.11 Å². The third-order valence-corrected chi connectivity index (χ3v) is 2.99. The van der Waals surface area contributed by atoms with Crippen LogP contribution >= 0.6 is 34.8 Å². The molecule has 0 heterocycles. The maximum Gasteiger partial charge on any atom is 0.216 e. The molecule has 1 fully saturated rings. The van der Waals surface area contributed by atoms with Gasteiger partial charge in [0.05, 0.1) is 0 Å². The van der Waals surface area contributed by atoms with Gasteiger partial charge >= 0.3 is 0 Å². The van der Waals surface area contributed by atoms with Crippen molar-refractivity contribution in [3.63, 3.8) is 0 Å². The third-order valence-electron chi connectivity index (χ3n) is 2.32. The Labute approximate surface area is 92.2 Å². The van der Waals surface area contributed by atoms with Crippen LogP contribution < -0.4 is 0 Å². The number of aliphatic hydroxyl groups is 1. The Hall–Kier alpha value is 0.500. The Morgan fingerprint density at radius 1 is 1.38 bits per heavy atom. The molecule has 0 spiro atoms. The molecule has 0 unspecified atom stereocenters. The van der Waals surface area contributed by atoms with Gasteiger partial charge in [-0.1, -0.05) is 41.2 Å². The van der Waals surface area contributed by atoms with Crippen LogP contribution in [0.3, 0.4) is 0 Å². The van der Waals surface area contributed by atoms with E-state index in [2.05, 4.69) is 0 Å². The van der Waals surface area contributed by atoms with Crippen LogP contribution in [0.25, 0.3) is 0 Å². The first-order valence-electron chi connectivity index (χ1n) is 4.20. The first-order valence-corrected chi connectivity index (χ1v) is 5.34. The molecule has 0 radical (unpaired) electrons. The van der Waals surface area contributed by atoms with E-state index >= 15 is 0 Å².